The Balaban J connectivity index is 2.88. The molecule has 0 spiro atoms. The van der Waals surface area contributed by atoms with Crippen LogP contribution in [-0.2, 0) is 0 Å². The summed E-state index contributed by atoms with van der Waals surface area (Å²) in [5.41, 5.74) is 5.46. The van der Waals surface area contributed by atoms with Gasteiger partial charge in [0.15, 0.2) is 0 Å². The molecule has 0 radical (unpaired) electrons. The fourth-order valence-corrected chi connectivity index (χ4v) is 1.99. The van der Waals surface area contributed by atoms with Gasteiger partial charge in [-0.15, -0.1) is 0 Å². The molecule has 0 aromatic rings. The average molecular weight is 228 g/mol. The van der Waals surface area contributed by atoms with Crippen LogP contribution in [0.25, 0.3) is 0 Å². The van der Waals surface area contributed by atoms with Crippen LogP contribution in [-0.4, -0.2) is 32.1 Å². The van der Waals surface area contributed by atoms with Crippen LogP contribution in [0.1, 0.15) is 64.2 Å². The van der Waals surface area contributed by atoms with Crippen molar-refractivity contribution in [1.82, 2.24) is 4.90 Å². The zero-order valence-corrected chi connectivity index (χ0v) is 11.5. The van der Waals surface area contributed by atoms with Crippen molar-refractivity contribution in [3.8, 4) is 0 Å². The number of hydrogen-bond donors (Lipinski definition) is 1. The van der Waals surface area contributed by atoms with E-state index in [0.29, 0.717) is 0 Å². The molecule has 0 saturated carbocycles. The van der Waals surface area contributed by atoms with Crippen molar-refractivity contribution >= 4 is 0 Å². The first-order valence-corrected chi connectivity index (χ1v) is 7.12. The van der Waals surface area contributed by atoms with E-state index in [-0.39, 0.29) is 0 Å². The van der Waals surface area contributed by atoms with Gasteiger partial charge in [0.2, 0.25) is 0 Å². The van der Waals surface area contributed by atoms with Gasteiger partial charge in [-0.2, -0.15) is 0 Å². The SMILES string of the molecule is CN(C)CCCCCCCCCCCCN. The topological polar surface area (TPSA) is 29.3 Å². The molecule has 0 unspecified atom stereocenters. The van der Waals surface area contributed by atoms with E-state index >= 15 is 0 Å². The highest BCUT2D eigenvalue weighted by Crippen LogP contribution is 2.10. The molecule has 0 aromatic carbocycles. The molecule has 0 bridgehead atoms. The molecule has 0 amide bonds. The van der Waals surface area contributed by atoms with Gasteiger partial charge in [0, 0.05) is 0 Å². The van der Waals surface area contributed by atoms with Crippen molar-refractivity contribution < 1.29 is 0 Å². The second-order valence-corrected chi connectivity index (χ2v) is 5.13. The molecule has 0 rings (SSSR count). The Labute approximate surface area is 103 Å². The van der Waals surface area contributed by atoms with Crippen molar-refractivity contribution in [2.24, 2.45) is 5.73 Å². The first-order chi connectivity index (χ1) is 7.77. The molecule has 0 aromatic heterocycles. The lowest BCUT2D eigenvalue weighted by molar-refractivity contribution is 0.389. The summed E-state index contributed by atoms with van der Waals surface area (Å²) in [7, 11) is 4.31. The van der Waals surface area contributed by atoms with E-state index in [4.69, 9.17) is 5.73 Å². The Morgan fingerprint density at radius 2 is 1.00 bits per heavy atom. The fourth-order valence-electron chi connectivity index (χ4n) is 1.99. The second kappa shape index (κ2) is 13.0. The van der Waals surface area contributed by atoms with Gasteiger partial charge >= 0.3 is 0 Å². The van der Waals surface area contributed by atoms with Crippen LogP contribution in [0.5, 0.6) is 0 Å². The van der Waals surface area contributed by atoms with Crippen molar-refractivity contribution in [2.45, 2.75) is 64.2 Å². The van der Waals surface area contributed by atoms with E-state index in [1.54, 1.807) is 0 Å². The Morgan fingerprint density at radius 3 is 1.38 bits per heavy atom. The minimum absolute atomic E-state index is 0.867. The van der Waals surface area contributed by atoms with Gasteiger partial charge in [-0.25, -0.2) is 0 Å². The molecule has 0 aliphatic rings. The highest BCUT2D eigenvalue weighted by molar-refractivity contribution is 4.49. The van der Waals surface area contributed by atoms with Crippen LogP contribution in [0.4, 0.5) is 0 Å². The molecule has 98 valence electrons. The first-order valence-electron chi connectivity index (χ1n) is 7.12. The second-order valence-electron chi connectivity index (χ2n) is 5.13. The number of hydrogen-bond acceptors (Lipinski definition) is 2. The van der Waals surface area contributed by atoms with Crippen LogP contribution < -0.4 is 5.73 Å². The molecular weight excluding hydrogens is 196 g/mol. The monoisotopic (exact) mass is 228 g/mol. The summed E-state index contributed by atoms with van der Waals surface area (Å²) in [5, 5.41) is 0. The highest BCUT2D eigenvalue weighted by Gasteiger charge is 1.93. The normalized spacial score (nSPS) is 11.2. The summed E-state index contributed by atoms with van der Waals surface area (Å²) in [6, 6.07) is 0. The number of nitrogens with two attached hydrogens (primary N) is 1. The largest absolute Gasteiger partial charge is 0.330 e. The molecule has 0 atom stereocenters. The quantitative estimate of drug-likeness (QED) is 0.519. The maximum absolute atomic E-state index is 5.46. The molecule has 0 fully saturated rings. The fraction of sp³-hybridized carbons (Fsp3) is 1.00. The predicted octanol–water partition coefficient (Wildman–Crippen LogP) is 3.41. The van der Waals surface area contributed by atoms with Crippen molar-refractivity contribution in [3.05, 3.63) is 0 Å². The van der Waals surface area contributed by atoms with E-state index in [1.807, 2.05) is 0 Å². The molecule has 0 aliphatic carbocycles. The molecule has 0 heterocycles. The third kappa shape index (κ3) is 13.9. The Bertz CT molecular complexity index is 124. The Morgan fingerprint density at radius 1 is 0.625 bits per heavy atom. The third-order valence-electron chi connectivity index (χ3n) is 3.06. The Kier molecular flexibility index (Phi) is 12.9. The maximum atomic E-state index is 5.46. The van der Waals surface area contributed by atoms with Gasteiger partial charge in [-0.05, 0) is 40.0 Å². The minimum atomic E-state index is 0.867. The third-order valence-corrected chi connectivity index (χ3v) is 3.06. The van der Waals surface area contributed by atoms with E-state index in [9.17, 15) is 0 Å². The van der Waals surface area contributed by atoms with Gasteiger partial charge in [-0.3, -0.25) is 0 Å². The smallest absolute Gasteiger partial charge is 0.00248 e. The van der Waals surface area contributed by atoms with Gasteiger partial charge < -0.3 is 10.6 Å². The van der Waals surface area contributed by atoms with Crippen molar-refractivity contribution in [1.29, 1.82) is 0 Å². The van der Waals surface area contributed by atoms with E-state index in [2.05, 4.69) is 19.0 Å². The van der Waals surface area contributed by atoms with Gasteiger partial charge in [0.1, 0.15) is 0 Å². The summed E-state index contributed by atoms with van der Waals surface area (Å²) in [5.74, 6) is 0. The van der Waals surface area contributed by atoms with Gasteiger partial charge in [0.05, 0.1) is 0 Å². The van der Waals surface area contributed by atoms with Crippen LogP contribution >= 0.6 is 0 Å². The van der Waals surface area contributed by atoms with Crippen molar-refractivity contribution in [3.63, 3.8) is 0 Å². The summed E-state index contributed by atoms with van der Waals surface area (Å²) >= 11 is 0. The number of unbranched alkanes of at least 4 members (excludes halogenated alkanes) is 9. The van der Waals surface area contributed by atoms with Crippen LogP contribution in [0.3, 0.4) is 0 Å². The lowest BCUT2D eigenvalue weighted by Gasteiger charge is -2.08. The molecule has 0 aliphatic heterocycles. The van der Waals surface area contributed by atoms with Crippen LogP contribution in [0.2, 0.25) is 0 Å². The molecule has 2 nitrogen and oxygen atoms in total. The first kappa shape index (κ1) is 15.9. The lowest BCUT2D eigenvalue weighted by atomic mass is 10.1. The molecule has 2 N–H and O–H groups in total. The summed E-state index contributed by atoms with van der Waals surface area (Å²) in [6.07, 6.45) is 13.8. The summed E-state index contributed by atoms with van der Waals surface area (Å²) in [4.78, 5) is 2.28. The van der Waals surface area contributed by atoms with Crippen LogP contribution in [0, 0.1) is 0 Å². The number of nitrogens with zero attached hydrogens (tertiary/aromatic N) is 1. The highest BCUT2D eigenvalue weighted by atomic mass is 15.0. The Hall–Kier alpha value is -0.0800. The molecule has 0 saturated heterocycles. The van der Waals surface area contributed by atoms with Crippen LogP contribution in [0.15, 0.2) is 0 Å². The zero-order chi connectivity index (χ0) is 12.1. The van der Waals surface area contributed by atoms with E-state index in [0.717, 1.165) is 6.54 Å². The van der Waals surface area contributed by atoms with Gasteiger partial charge in [0.25, 0.3) is 0 Å². The standard InChI is InChI=1S/C14H32N2/c1-16(2)14-12-10-8-6-4-3-5-7-9-11-13-15/h3-15H2,1-2H3. The summed E-state index contributed by atoms with van der Waals surface area (Å²) in [6.45, 7) is 2.12. The van der Waals surface area contributed by atoms with Gasteiger partial charge in [-0.1, -0.05) is 51.4 Å². The molecule has 2 heteroatoms. The maximum Gasteiger partial charge on any atom is -0.00248 e. The lowest BCUT2D eigenvalue weighted by Crippen LogP contribution is -2.12. The summed E-state index contributed by atoms with van der Waals surface area (Å²) < 4.78 is 0. The minimum Gasteiger partial charge on any atom is -0.330 e. The average Bonchev–Trinajstić information content (AvgIpc) is 2.25. The van der Waals surface area contributed by atoms with E-state index < -0.39 is 0 Å². The predicted molar refractivity (Wildman–Crippen MR) is 73.8 cm³/mol. The molecule has 16 heavy (non-hydrogen) atoms. The molecular formula is C14H32N2. The zero-order valence-electron chi connectivity index (χ0n) is 11.5. The van der Waals surface area contributed by atoms with E-state index in [1.165, 1.54) is 70.8 Å². The van der Waals surface area contributed by atoms with Crippen molar-refractivity contribution in [2.75, 3.05) is 27.2 Å². The number of rotatable bonds is 12.